The minimum atomic E-state index is -3.18. The minimum Gasteiger partial charge on any atom is -0.378 e. The molecule has 0 bridgehead atoms. The normalized spacial score (nSPS) is 10.8. The standard InChI is InChI=1S/C12H15NO2S/c1-4-8-16(14,15)10-11-6-5-7-12(9-11)13(2)3/h1,5-7,9H,8,10H2,2-3H3. The van der Waals surface area contributed by atoms with Crippen molar-refractivity contribution in [3.05, 3.63) is 29.8 Å². The summed E-state index contributed by atoms with van der Waals surface area (Å²) in [6.07, 6.45) is 5.01. The van der Waals surface area contributed by atoms with Crippen molar-refractivity contribution in [2.45, 2.75) is 5.75 Å². The van der Waals surface area contributed by atoms with Crippen molar-refractivity contribution >= 4 is 15.5 Å². The molecule has 1 aromatic carbocycles. The maximum atomic E-state index is 11.5. The van der Waals surface area contributed by atoms with Crippen LogP contribution in [0.5, 0.6) is 0 Å². The summed E-state index contributed by atoms with van der Waals surface area (Å²) in [5.74, 6) is 1.96. The van der Waals surface area contributed by atoms with Crippen LogP contribution in [-0.2, 0) is 15.6 Å². The van der Waals surface area contributed by atoms with Gasteiger partial charge in [-0.05, 0) is 17.7 Å². The first-order valence-electron chi connectivity index (χ1n) is 4.85. The van der Waals surface area contributed by atoms with Crippen molar-refractivity contribution in [2.24, 2.45) is 0 Å². The molecule has 0 amide bonds. The van der Waals surface area contributed by atoms with E-state index in [1.165, 1.54) is 0 Å². The molecular weight excluding hydrogens is 222 g/mol. The molecule has 3 nitrogen and oxygen atoms in total. The third-order valence-corrected chi connectivity index (χ3v) is 3.50. The van der Waals surface area contributed by atoms with Crippen LogP contribution in [0.1, 0.15) is 5.56 Å². The Morgan fingerprint density at radius 3 is 2.62 bits per heavy atom. The minimum absolute atomic E-state index is 0.00111. The van der Waals surface area contributed by atoms with Gasteiger partial charge in [-0.3, -0.25) is 0 Å². The van der Waals surface area contributed by atoms with Gasteiger partial charge < -0.3 is 4.90 Å². The second-order valence-electron chi connectivity index (χ2n) is 3.80. The highest BCUT2D eigenvalue weighted by Crippen LogP contribution is 2.15. The largest absolute Gasteiger partial charge is 0.378 e. The van der Waals surface area contributed by atoms with Gasteiger partial charge >= 0.3 is 0 Å². The molecule has 0 spiro atoms. The fourth-order valence-corrected chi connectivity index (χ4v) is 2.40. The van der Waals surface area contributed by atoms with E-state index in [2.05, 4.69) is 5.92 Å². The molecule has 0 saturated carbocycles. The molecule has 0 unspecified atom stereocenters. The quantitative estimate of drug-likeness (QED) is 0.741. The van der Waals surface area contributed by atoms with E-state index >= 15 is 0 Å². The monoisotopic (exact) mass is 237 g/mol. The Hall–Kier alpha value is -1.47. The number of terminal acetylenes is 1. The van der Waals surface area contributed by atoms with Crippen LogP contribution in [0.25, 0.3) is 0 Å². The molecule has 0 saturated heterocycles. The summed E-state index contributed by atoms with van der Waals surface area (Å²) >= 11 is 0. The predicted octanol–water partition coefficient (Wildman–Crippen LogP) is 1.30. The molecule has 16 heavy (non-hydrogen) atoms. The molecule has 0 radical (unpaired) electrons. The van der Waals surface area contributed by atoms with E-state index in [-0.39, 0.29) is 11.5 Å². The highest BCUT2D eigenvalue weighted by Gasteiger charge is 2.10. The zero-order chi connectivity index (χ0) is 12.2. The molecule has 1 rings (SSSR count). The van der Waals surface area contributed by atoms with Gasteiger partial charge in [0.1, 0.15) is 5.75 Å². The van der Waals surface area contributed by atoms with Crippen LogP contribution in [0.3, 0.4) is 0 Å². The summed E-state index contributed by atoms with van der Waals surface area (Å²) in [6, 6.07) is 7.42. The number of rotatable bonds is 4. The topological polar surface area (TPSA) is 37.4 Å². The molecule has 4 heteroatoms. The Balaban J connectivity index is 2.91. The average Bonchev–Trinajstić information content (AvgIpc) is 2.17. The zero-order valence-electron chi connectivity index (χ0n) is 9.47. The van der Waals surface area contributed by atoms with E-state index in [4.69, 9.17) is 6.42 Å². The molecule has 1 aromatic rings. The molecule has 0 aliphatic rings. The van der Waals surface area contributed by atoms with Crippen LogP contribution in [0.2, 0.25) is 0 Å². The van der Waals surface area contributed by atoms with Crippen LogP contribution in [-0.4, -0.2) is 28.3 Å². The maximum absolute atomic E-state index is 11.5. The van der Waals surface area contributed by atoms with Crippen LogP contribution < -0.4 is 4.90 Å². The van der Waals surface area contributed by atoms with Gasteiger partial charge in [0.2, 0.25) is 0 Å². The molecule has 0 N–H and O–H groups in total. The Labute approximate surface area is 97.0 Å². The summed E-state index contributed by atoms with van der Waals surface area (Å²) < 4.78 is 23.1. The molecule has 0 aliphatic carbocycles. The van der Waals surface area contributed by atoms with Crippen LogP contribution in [0.4, 0.5) is 5.69 Å². The van der Waals surface area contributed by atoms with E-state index in [1.807, 2.05) is 37.2 Å². The van der Waals surface area contributed by atoms with Gasteiger partial charge in [-0.1, -0.05) is 18.1 Å². The van der Waals surface area contributed by atoms with Crippen molar-refractivity contribution in [3.8, 4) is 12.3 Å². The Bertz CT molecular complexity index is 498. The van der Waals surface area contributed by atoms with E-state index in [0.717, 1.165) is 11.3 Å². The van der Waals surface area contributed by atoms with Crippen molar-refractivity contribution in [1.82, 2.24) is 0 Å². The predicted molar refractivity (Wildman–Crippen MR) is 67.1 cm³/mol. The Morgan fingerprint density at radius 1 is 1.38 bits per heavy atom. The highest BCUT2D eigenvalue weighted by molar-refractivity contribution is 7.90. The Kier molecular flexibility index (Phi) is 3.97. The van der Waals surface area contributed by atoms with E-state index in [1.54, 1.807) is 6.07 Å². The first-order valence-corrected chi connectivity index (χ1v) is 6.67. The Morgan fingerprint density at radius 2 is 2.06 bits per heavy atom. The molecule has 0 fully saturated rings. The van der Waals surface area contributed by atoms with Gasteiger partial charge in [0.15, 0.2) is 9.84 Å². The lowest BCUT2D eigenvalue weighted by Gasteiger charge is -2.13. The lowest BCUT2D eigenvalue weighted by atomic mass is 10.2. The van der Waals surface area contributed by atoms with Gasteiger partial charge in [-0.25, -0.2) is 8.42 Å². The fourth-order valence-electron chi connectivity index (χ4n) is 1.36. The molecule has 0 aromatic heterocycles. The second kappa shape index (κ2) is 5.04. The SMILES string of the molecule is C#CCS(=O)(=O)Cc1cccc(N(C)C)c1. The van der Waals surface area contributed by atoms with E-state index < -0.39 is 9.84 Å². The summed E-state index contributed by atoms with van der Waals surface area (Å²) in [5, 5.41) is 0. The maximum Gasteiger partial charge on any atom is 0.165 e. The van der Waals surface area contributed by atoms with Gasteiger partial charge in [0, 0.05) is 19.8 Å². The van der Waals surface area contributed by atoms with Gasteiger partial charge in [0.05, 0.1) is 5.75 Å². The summed E-state index contributed by atoms with van der Waals surface area (Å²) in [5.41, 5.74) is 1.75. The summed E-state index contributed by atoms with van der Waals surface area (Å²) in [4.78, 5) is 1.93. The van der Waals surface area contributed by atoms with Crippen molar-refractivity contribution in [3.63, 3.8) is 0 Å². The molecule has 86 valence electrons. The lowest BCUT2D eigenvalue weighted by Crippen LogP contribution is -2.11. The van der Waals surface area contributed by atoms with Gasteiger partial charge in [-0.15, -0.1) is 6.42 Å². The fraction of sp³-hybridized carbons (Fsp3) is 0.333. The number of sulfone groups is 1. The molecular formula is C12H15NO2S. The van der Waals surface area contributed by atoms with E-state index in [9.17, 15) is 8.42 Å². The molecule has 0 aliphatic heterocycles. The zero-order valence-corrected chi connectivity index (χ0v) is 10.3. The first kappa shape index (κ1) is 12.6. The number of hydrogen-bond acceptors (Lipinski definition) is 3. The third kappa shape index (κ3) is 3.59. The molecule has 0 heterocycles. The summed E-state index contributed by atoms with van der Waals surface area (Å²) in [6.45, 7) is 0. The number of anilines is 1. The van der Waals surface area contributed by atoms with Crippen molar-refractivity contribution in [2.75, 3.05) is 24.7 Å². The third-order valence-electron chi connectivity index (χ3n) is 2.12. The van der Waals surface area contributed by atoms with Crippen molar-refractivity contribution < 1.29 is 8.42 Å². The number of nitrogens with zero attached hydrogens (tertiary/aromatic N) is 1. The van der Waals surface area contributed by atoms with Gasteiger partial charge in [0.25, 0.3) is 0 Å². The first-order chi connectivity index (χ1) is 7.44. The van der Waals surface area contributed by atoms with E-state index in [0.29, 0.717) is 0 Å². The lowest BCUT2D eigenvalue weighted by molar-refractivity contribution is 0.598. The van der Waals surface area contributed by atoms with Crippen molar-refractivity contribution in [1.29, 1.82) is 0 Å². The van der Waals surface area contributed by atoms with Crippen LogP contribution in [0, 0.1) is 12.3 Å². The number of hydrogen-bond donors (Lipinski definition) is 0. The average molecular weight is 237 g/mol. The molecule has 0 atom stereocenters. The summed E-state index contributed by atoms with van der Waals surface area (Å²) in [7, 11) is 0.642. The van der Waals surface area contributed by atoms with Gasteiger partial charge in [-0.2, -0.15) is 0 Å². The van der Waals surface area contributed by atoms with Crippen LogP contribution in [0.15, 0.2) is 24.3 Å². The highest BCUT2D eigenvalue weighted by atomic mass is 32.2. The second-order valence-corrected chi connectivity index (χ2v) is 5.87. The smallest absolute Gasteiger partial charge is 0.165 e. The van der Waals surface area contributed by atoms with Crippen LogP contribution >= 0.6 is 0 Å². The number of benzene rings is 1.